The number of nitro benzene ring substituents is 1. The lowest BCUT2D eigenvalue weighted by Crippen LogP contribution is -1.98. The summed E-state index contributed by atoms with van der Waals surface area (Å²) in [7, 11) is 0. The van der Waals surface area contributed by atoms with Gasteiger partial charge in [-0.2, -0.15) is 0 Å². The second-order valence-electron chi connectivity index (χ2n) is 5.13. The van der Waals surface area contributed by atoms with Crippen LogP contribution < -0.4 is 4.74 Å². The summed E-state index contributed by atoms with van der Waals surface area (Å²) < 4.78 is 10.8. The summed E-state index contributed by atoms with van der Waals surface area (Å²) >= 11 is 0. The number of aromatic carboxylic acids is 1. The molecule has 25 heavy (non-hydrogen) atoms. The number of ether oxygens (including phenoxy) is 1. The van der Waals surface area contributed by atoms with Crippen molar-refractivity contribution < 1.29 is 24.0 Å². The Kier molecular flexibility index (Phi) is 4.47. The summed E-state index contributed by atoms with van der Waals surface area (Å²) in [4.78, 5) is 21.6. The number of para-hydroxylation sites is 2. The maximum Gasteiger partial charge on any atom is 0.371 e. The van der Waals surface area contributed by atoms with Crippen LogP contribution in [0.5, 0.6) is 5.75 Å². The first kappa shape index (κ1) is 16.3. The van der Waals surface area contributed by atoms with Crippen LogP contribution in [0, 0.1) is 10.1 Å². The molecular weight excluding hydrogens is 326 g/mol. The molecule has 0 saturated heterocycles. The normalized spacial score (nSPS) is 10.4. The lowest BCUT2D eigenvalue weighted by Gasteiger charge is -2.11. The SMILES string of the molecule is O=C(O)c1ccc(COc2ccccc2-c2ccccc2[N+](=O)[O-])o1. The van der Waals surface area contributed by atoms with Crippen molar-refractivity contribution in [2.24, 2.45) is 0 Å². The van der Waals surface area contributed by atoms with Crippen LogP contribution in [0.3, 0.4) is 0 Å². The zero-order chi connectivity index (χ0) is 17.8. The van der Waals surface area contributed by atoms with Gasteiger partial charge >= 0.3 is 5.97 Å². The number of furan rings is 1. The van der Waals surface area contributed by atoms with E-state index in [1.807, 2.05) is 0 Å². The number of rotatable bonds is 6. The van der Waals surface area contributed by atoms with Crippen LogP contribution in [0.15, 0.2) is 65.1 Å². The quantitative estimate of drug-likeness (QED) is 0.535. The van der Waals surface area contributed by atoms with Crippen LogP contribution in [0.2, 0.25) is 0 Å². The molecule has 0 aliphatic heterocycles. The number of carboxylic acid groups (broad SMARTS) is 1. The van der Waals surface area contributed by atoms with Crippen molar-refractivity contribution in [3.8, 4) is 16.9 Å². The summed E-state index contributed by atoms with van der Waals surface area (Å²) in [6.45, 7) is 0.00489. The summed E-state index contributed by atoms with van der Waals surface area (Å²) in [5.74, 6) is -0.558. The van der Waals surface area contributed by atoms with Crippen molar-refractivity contribution >= 4 is 11.7 Å². The standard InChI is InChI=1S/C18H13NO6/c20-18(21)17-10-9-12(25-17)11-24-16-8-4-2-6-14(16)13-5-1-3-7-15(13)19(22)23/h1-10H,11H2,(H,20,21). The second-order valence-corrected chi connectivity index (χ2v) is 5.13. The second kappa shape index (κ2) is 6.88. The molecule has 0 radical (unpaired) electrons. The predicted molar refractivity (Wildman–Crippen MR) is 88.5 cm³/mol. The van der Waals surface area contributed by atoms with E-state index < -0.39 is 10.9 Å². The molecule has 0 bridgehead atoms. The van der Waals surface area contributed by atoms with Gasteiger partial charge in [-0.15, -0.1) is 0 Å². The van der Waals surface area contributed by atoms with Gasteiger partial charge in [0, 0.05) is 11.6 Å². The number of nitro groups is 1. The van der Waals surface area contributed by atoms with Gasteiger partial charge in [-0.25, -0.2) is 4.79 Å². The van der Waals surface area contributed by atoms with Gasteiger partial charge in [0.1, 0.15) is 18.1 Å². The van der Waals surface area contributed by atoms with E-state index in [1.54, 1.807) is 42.5 Å². The fraction of sp³-hybridized carbons (Fsp3) is 0.0556. The summed E-state index contributed by atoms with van der Waals surface area (Å²) in [6.07, 6.45) is 0. The van der Waals surface area contributed by atoms with E-state index in [9.17, 15) is 14.9 Å². The molecule has 1 aromatic heterocycles. The fourth-order valence-electron chi connectivity index (χ4n) is 2.39. The molecule has 0 fully saturated rings. The molecule has 3 rings (SSSR count). The van der Waals surface area contributed by atoms with Crippen molar-refractivity contribution in [2.75, 3.05) is 0 Å². The monoisotopic (exact) mass is 339 g/mol. The van der Waals surface area contributed by atoms with Crippen LogP contribution in [0.1, 0.15) is 16.3 Å². The Bertz CT molecular complexity index is 931. The van der Waals surface area contributed by atoms with Gasteiger partial charge in [-0.3, -0.25) is 10.1 Å². The molecule has 3 aromatic rings. The number of hydrogen-bond donors (Lipinski definition) is 1. The Morgan fingerprint density at radius 2 is 1.72 bits per heavy atom. The molecular formula is C18H13NO6. The summed E-state index contributed by atoms with van der Waals surface area (Å²) in [5, 5.41) is 20.1. The van der Waals surface area contributed by atoms with E-state index in [2.05, 4.69) is 0 Å². The summed E-state index contributed by atoms with van der Waals surface area (Å²) in [6, 6.07) is 16.2. The third-order valence-corrected chi connectivity index (χ3v) is 3.52. The molecule has 1 N–H and O–H groups in total. The molecule has 7 heteroatoms. The summed E-state index contributed by atoms with van der Waals surface area (Å²) in [5.41, 5.74) is 0.985. The van der Waals surface area contributed by atoms with Crippen molar-refractivity contribution in [3.63, 3.8) is 0 Å². The Balaban J connectivity index is 1.89. The van der Waals surface area contributed by atoms with Crippen LogP contribution in [-0.4, -0.2) is 16.0 Å². The van der Waals surface area contributed by atoms with Crippen molar-refractivity contribution in [1.82, 2.24) is 0 Å². The zero-order valence-electron chi connectivity index (χ0n) is 12.9. The average Bonchev–Trinajstić information content (AvgIpc) is 3.09. The van der Waals surface area contributed by atoms with Crippen LogP contribution >= 0.6 is 0 Å². The molecule has 0 unspecified atom stereocenters. The van der Waals surface area contributed by atoms with E-state index in [0.717, 1.165) is 0 Å². The van der Waals surface area contributed by atoms with Gasteiger partial charge in [-0.05, 0) is 24.3 Å². The Morgan fingerprint density at radius 3 is 2.40 bits per heavy atom. The molecule has 0 saturated carbocycles. The Labute approximate surface area is 142 Å². The van der Waals surface area contributed by atoms with Crippen molar-refractivity contribution in [1.29, 1.82) is 0 Å². The first-order valence-electron chi connectivity index (χ1n) is 7.34. The molecule has 0 aliphatic rings. The van der Waals surface area contributed by atoms with Crippen LogP contribution in [-0.2, 0) is 6.61 Å². The highest BCUT2D eigenvalue weighted by Crippen LogP contribution is 2.36. The van der Waals surface area contributed by atoms with Gasteiger partial charge in [-0.1, -0.05) is 30.3 Å². The lowest BCUT2D eigenvalue weighted by atomic mass is 10.0. The number of benzene rings is 2. The van der Waals surface area contributed by atoms with Gasteiger partial charge < -0.3 is 14.3 Å². The number of hydrogen-bond acceptors (Lipinski definition) is 5. The third-order valence-electron chi connectivity index (χ3n) is 3.52. The van der Waals surface area contributed by atoms with Crippen LogP contribution in [0.4, 0.5) is 5.69 Å². The molecule has 0 atom stereocenters. The molecule has 0 spiro atoms. The highest BCUT2D eigenvalue weighted by molar-refractivity contribution is 5.84. The maximum atomic E-state index is 11.2. The first-order chi connectivity index (χ1) is 12.1. The minimum absolute atomic E-state index is 0.00489. The molecule has 2 aromatic carbocycles. The van der Waals surface area contributed by atoms with E-state index in [4.69, 9.17) is 14.3 Å². The smallest absolute Gasteiger partial charge is 0.371 e. The van der Waals surface area contributed by atoms with Gasteiger partial charge in [0.15, 0.2) is 0 Å². The number of nitrogens with zero attached hydrogens (tertiary/aromatic N) is 1. The van der Waals surface area contributed by atoms with Crippen molar-refractivity contribution in [2.45, 2.75) is 6.61 Å². The maximum absolute atomic E-state index is 11.2. The van der Waals surface area contributed by atoms with E-state index in [-0.39, 0.29) is 18.1 Å². The molecule has 7 nitrogen and oxygen atoms in total. The predicted octanol–water partition coefficient (Wildman–Crippen LogP) is 4.13. The largest absolute Gasteiger partial charge is 0.485 e. The highest BCUT2D eigenvalue weighted by atomic mass is 16.6. The Hall–Kier alpha value is -3.61. The molecule has 126 valence electrons. The van der Waals surface area contributed by atoms with E-state index >= 15 is 0 Å². The zero-order valence-corrected chi connectivity index (χ0v) is 12.9. The minimum Gasteiger partial charge on any atom is -0.485 e. The topological polar surface area (TPSA) is 103 Å². The van der Waals surface area contributed by atoms with Crippen molar-refractivity contribution in [3.05, 3.63) is 82.3 Å². The fourth-order valence-corrected chi connectivity index (χ4v) is 2.39. The Morgan fingerprint density at radius 1 is 1.04 bits per heavy atom. The highest BCUT2D eigenvalue weighted by Gasteiger charge is 2.18. The van der Waals surface area contributed by atoms with Gasteiger partial charge in [0.2, 0.25) is 5.76 Å². The van der Waals surface area contributed by atoms with E-state index in [0.29, 0.717) is 22.6 Å². The average molecular weight is 339 g/mol. The van der Waals surface area contributed by atoms with Gasteiger partial charge in [0.05, 0.1) is 10.5 Å². The lowest BCUT2D eigenvalue weighted by molar-refractivity contribution is -0.384. The molecule has 1 heterocycles. The van der Waals surface area contributed by atoms with Gasteiger partial charge in [0.25, 0.3) is 5.69 Å². The third kappa shape index (κ3) is 3.50. The number of carbonyl (C=O) groups is 1. The molecule has 0 aliphatic carbocycles. The number of carboxylic acids is 1. The van der Waals surface area contributed by atoms with E-state index in [1.165, 1.54) is 18.2 Å². The minimum atomic E-state index is -1.16. The van der Waals surface area contributed by atoms with Crippen LogP contribution in [0.25, 0.3) is 11.1 Å². The first-order valence-corrected chi connectivity index (χ1v) is 7.34. The molecule has 0 amide bonds.